The van der Waals surface area contributed by atoms with Crippen LogP contribution in [0, 0.1) is 0 Å². The van der Waals surface area contributed by atoms with Crippen LogP contribution in [0.1, 0.15) is 63.8 Å². The Morgan fingerprint density at radius 3 is 2.85 bits per heavy atom. The van der Waals surface area contributed by atoms with E-state index < -0.39 is 0 Å². The maximum atomic E-state index is 12.3. The van der Waals surface area contributed by atoms with E-state index in [0.717, 1.165) is 71.0 Å². The molecule has 1 atom stereocenters. The number of fused-ring (bicyclic) bond motifs is 2. The normalized spacial score (nSPS) is 16.9. The van der Waals surface area contributed by atoms with Crippen LogP contribution in [0.25, 0.3) is 28.0 Å². The number of hydrogen-bond donors (Lipinski definition) is 3. The summed E-state index contributed by atoms with van der Waals surface area (Å²) in [5, 5.41) is 6.47. The number of carbonyl (C=O) groups excluding carboxylic acids is 1. The highest BCUT2D eigenvalue weighted by atomic mass is 16.1. The lowest BCUT2D eigenvalue weighted by molar-refractivity contribution is -0.116. The maximum absolute atomic E-state index is 12.3. The van der Waals surface area contributed by atoms with Crippen LogP contribution in [0.3, 0.4) is 0 Å². The number of aromatic amines is 1. The van der Waals surface area contributed by atoms with Crippen LogP contribution in [0.15, 0.2) is 49.1 Å². The highest BCUT2D eigenvalue weighted by Crippen LogP contribution is 2.37. The molecule has 0 saturated carbocycles. The number of amides is 1. The molecular weight excluding hydrogens is 488 g/mol. The first-order chi connectivity index (χ1) is 19.1. The van der Waals surface area contributed by atoms with Crippen molar-refractivity contribution in [3.8, 4) is 11.3 Å². The molecule has 2 aliphatic heterocycles. The second kappa shape index (κ2) is 10.8. The van der Waals surface area contributed by atoms with Crippen LogP contribution in [0.5, 0.6) is 0 Å². The number of piperidine rings is 1. The number of hydrogen-bond acceptors (Lipinski definition) is 7. The molecule has 1 fully saturated rings. The molecule has 6 rings (SSSR count). The molecule has 4 aromatic rings. The number of rotatable bonds is 7. The summed E-state index contributed by atoms with van der Waals surface area (Å²) in [5.74, 6) is 0.795. The fraction of sp³-hybridized carbons (Fsp3) is 0.367. The van der Waals surface area contributed by atoms with Crippen LogP contribution in [-0.2, 0) is 4.79 Å². The van der Waals surface area contributed by atoms with E-state index in [1.807, 2.05) is 18.5 Å². The number of carbonyl (C=O) groups is 1. The lowest BCUT2D eigenvalue weighted by atomic mass is 9.96. The van der Waals surface area contributed by atoms with Gasteiger partial charge in [0.25, 0.3) is 0 Å². The maximum Gasteiger partial charge on any atom is 0.224 e. The first-order valence-corrected chi connectivity index (χ1v) is 13.9. The van der Waals surface area contributed by atoms with E-state index >= 15 is 0 Å². The Kier molecular flexibility index (Phi) is 6.96. The van der Waals surface area contributed by atoms with Gasteiger partial charge in [-0.1, -0.05) is 19.4 Å². The van der Waals surface area contributed by atoms with Gasteiger partial charge in [0.1, 0.15) is 11.3 Å². The molecule has 0 bridgehead atoms. The van der Waals surface area contributed by atoms with Gasteiger partial charge in [0.2, 0.25) is 5.91 Å². The third-order valence-corrected chi connectivity index (χ3v) is 7.39. The highest BCUT2D eigenvalue weighted by molar-refractivity contribution is 5.94. The quantitative estimate of drug-likeness (QED) is 0.282. The Bertz CT molecular complexity index is 1540. The van der Waals surface area contributed by atoms with Crippen LogP contribution < -0.4 is 15.5 Å². The third-order valence-electron chi connectivity index (χ3n) is 7.39. The van der Waals surface area contributed by atoms with E-state index in [9.17, 15) is 4.79 Å². The lowest BCUT2D eigenvalue weighted by Crippen LogP contribution is -2.29. The number of imidazole rings is 1. The monoisotopic (exact) mass is 522 g/mol. The summed E-state index contributed by atoms with van der Waals surface area (Å²) < 4.78 is 0. The number of nitrogens with one attached hydrogen (secondary N) is 3. The summed E-state index contributed by atoms with van der Waals surface area (Å²) in [7, 11) is 0. The number of nitrogens with zero attached hydrogens (tertiary/aromatic N) is 5. The van der Waals surface area contributed by atoms with Gasteiger partial charge in [-0.3, -0.25) is 14.8 Å². The highest BCUT2D eigenvalue weighted by Gasteiger charge is 2.23. The third kappa shape index (κ3) is 5.21. The standard InChI is InChI=1S/C30H34N8O/c1-3-4-8-27(39)35-21-14-20(16-31-17-21)24-15-22-23(13-19(2)34-25(22)18-33-24)29-36-28-26(9-10-32-30(28)37-29)38-11-6-5-7-12-38/h9-10,13-19,34H,3-8,11-12H2,1-2H3,(H,35,39)(H,32,36,37)/t19-/m1/s1. The molecule has 1 amide bonds. The summed E-state index contributed by atoms with van der Waals surface area (Å²) in [6.45, 7) is 6.30. The number of anilines is 3. The largest absolute Gasteiger partial charge is 0.377 e. The predicted molar refractivity (Wildman–Crippen MR) is 156 cm³/mol. The molecule has 6 heterocycles. The Balaban J connectivity index is 1.35. The predicted octanol–water partition coefficient (Wildman–Crippen LogP) is 5.78. The van der Waals surface area contributed by atoms with Crippen molar-refractivity contribution in [1.82, 2.24) is 24.9 Å². The minimum absolute atomic E-state index is 0.0000230. The molecule has 0 unspecified atom stereocenters. The molecule has 9 heteroatoms. The molecule has 2 aliphatic rings. The van der Waals surface area contributed by atoms with Gasteiger partial charge < -0.3 is 20.5 Å². The van der Waals surface area contributed by atoms with Gasteiger partial charge in [0.15, 0.2) is 5.65 Å². The van der Waals surface area contributed by atoms with Crippen molar-refractivity contribution in [2.45, 2.75) is 58.4 Å². The number of H-pyrrole nitrogens is 1. The van der Waals surface area contributed by atoms with Gasteiger partial charge in [-0.05, 0) is 50.8 Å². The van der Waals surface area contributed by atoms with E-state index in [1.54, 1.807) is 12.4 Å². The number of aromatic nitrogens is 5. The zero-order valence-corrected chi connectivity index (χ0v) is 22.5. The lowest BCUT2D eigenvalue weighted by Gasteiger charge is -2.28. The summed E-state index contributed by atoms with van der Waals surface area (Å²) in [6.07, 6.45) is 15.4. The number of unbranched alkanes of at least 4 members (excludes halogenated alkanes) is 1. The zero-order chi connectivity index (χ0) is 26.8. The molecule has 9 nitrogen and oxygen atoms in total. The van der Waals surface area contributed by atoms with Gasteiger partial charge in [0.05, 0.1) is 35.1 Å². The van der Waals surface area contributed by atoms with Crippen LogP contribution in [0.4, 0.5) is 17.1 Å². The van der Waals surface area contributed by atoms with Gasteiger partial charge in [-0.25, -0.2) is 9.97 Å². The Labute approximate surface area is 228 Å². The Morgan fingerprint density at radius 1 is 1.13 bits per heavy atom. The van der Waals surface area contributed by atoms with Gasteiger partial charge in [-0.15, -0.1) is 0 Å². The van der Waals surface area contributed by atoms with Crippen LogP contribution in [0.2, 0.25) is 0 Å². The second-order valence-electron chi connectivity index (χ2n) is 10.4. The van der Waals surface area contributed by atoms with E-state index in [-0.39, 0.29) is 11.9 Å². The average Bonchev–Trinajstić information content (AvgIpc) is 3.40. The minimum atomic E-state index is 0.0000230. The summed E-state index contributed by atoms with van der Waals surface area (Å²) >= 11 is 0. The van der Waals surface area contributed by atoms with E-state index in [2.05, 4.69) is 62.5 Å². The molecule has 0 radical (unpaired) electrons. The Hall–Kier alpha value is -4.27. The molecular formula is C30H34N8O. The van der Waals surface area contributed by atoms with Crippen molar-refractivity contribution in [2.75, 3.05) is 28.6 Å². The number of pyridine rings is 3. The molecule has 0 aromatic carbocycles. The van der Waals surface area contributed by atoms with Gasteiger partial charge in [-0.2, -0.15) is 0 Å². The Morgan fingerprint density at radius 2 is 2.00 bits per heavy atom. The molecule has 3 N–H and O–H groups in total. The fourth-order valence-electron chi connectivity index (χ4n) is 5.42. The summed E-state index contributed by atoms with van der Waals surface area (Å²) in [6, 6.07) is 6.19. The van der Waals surface area contributed by atoms with E-state index in [1.165, 1.54) is 24.9 Å². The fourth-order valence-corrected chi connectivity index (χ4v) is 5.42. The topological polar surface area (TPSA) is 112 Å². The van der Waals surface area contributed by atoms with Crippen molar-refractivity contribution >= 4 is 39.7 Å². The first kappa shape index (κ1) is 25.0. The molecule has 0 spiro atoms. The smallest absolute Gasteiger partial charge is 0.224 e. The van der Waals surface area contributed by atoms with Crippen molar-refractivity contribution in [3.05, 3.63) is 60.5 Å². The molecule has 1 saturated heterocycles. The SMILES string of the molecule is CCCCC(=O)Nc1cncc(-c2cc3c(cn2)N[C@H](C)C=C3c2nc3nccc(N4CCCCC4)c3[nH]2)c1. The molecule has 200 valence electrons. The summed E-state index contributed by atoms with van der Waals surface area (Å²) in [5.41, 5.74) is 8.13. The first-order valence-electron chi connectivity index (χ1n) is 13.9. The van der Waals surface area contributed by atoms with Crippen molar-refractivity contribution in [1.29, 1.82) is 0 Å². The molecule has 4 aromatic heterocycles. The van der Waals surface area contributed by atoms with Crippen LogP contribution in [-0.4, -0.2) is 50.0 Å². The van der Waals surface area contributed by atoms with Crippen molar-refractivity contribution < 1.29 is 4.79 Å². The van der Waals surface area contributed by atoms with Crippen molar-refractivity contribution in [2.24, 2.45) is 0 Å². The van der Waals surface area contributed by atoms with Gasteiger partial charge in [0, 0.05) is 54.6 Å². The zero-order valence-electron chi connectivity index (χ0n) is 22.5. The van der Waals surface area contributed by atoms with Crippen LogP contribution >= 0.6 is 0 Å². The second-order valence-corrected chi connectivity index (χ2v) is 10.4. The minimum Gasteiger partial charge on any atom is -0.377 e. The molecule has 39 heavy (non-hydrogen) atoms. The van der Waals surface area contributed by atoms with Gasteiger partial charge >= 0.3 is 0 Å². The van der Waals surface area contributed by atoms with E-state index in [0.29, 0.717) is 12.1 Å². The van der Waals surface area contributed by atoms with Crippen molar-refractivity contribution in [3.63, 3.8) is 0 Å². The average molecular weight is 523 g/mol. The summed E-state index contributed by atoms with van der Waals surface area (Å²) in [4.78, 5) is 36.9. The van der Waals surface area contributed by atoms with E-state index in [4.69, 9.17) is 9.97 Å². The molecule has 0 aliphatic carbocycles.